The zero-order valence-electron chi connectivity index (χ0n) is 25.3. The van der Waals surface area contributed by atoms with Crippen LogP contribution in [-0.2, 0) is 20.7 Å². The van der Waals surface area contributed by atoms with E-state index in [9.17, 15) is 9.59 Å². The molecule has 0 radical (unpaired) electrons. The molecule has 1 atom stereocenters. The van der Waals surface area contributed by atoms with Crippen LogP contribution in [0.3, 0.4) is 0 Å². The van der Waals surface area contributed by atoms with Crippen molar-refractivity contribution in [1.82, 2.24) is 0 Å². The van der Waals surface area contributed by atoms with Crippen LogP contribution >= 0.6 is 0 Å². The average molecular weight is 596 g/mol. The Bertz CT molecular complexity index is 1440. The van der Waals surface area contributed by atoms with E-state index in [1.54, 1.807) is 7.11 Å². The monoisotopic (exact) mass is 595 g/mol. The summed E-state index contributed by atoms with van der Waals surface area (Å²) >= 11 is 0. The fraction of sp³-hybridized carbons (Fsp3) is 0.400. The maximum absolute atomic E-state index is 13.6. The number of carbonyl (C=O) groups is 2. The van der Waals surface area contributed by atoms with E-state index < -0.39 is 5.92 Å². The highest BCUT2D eigenvalue weighted by atomic mass is 16.5. The molecule has 1 fully saturated rings. The van der Waals surface area contributed by atoms with Crippen molar-refractivity contribution in [2.24, 2.45) is 38.7 Å². The highest BCUT2D eigenvalue weighted by Crippen LogP contribution is 2.31. The van der Waals surface area contributed by atoms with Gasteiger partial charge >= 0.3 is 0 Å². The van der Waals surface area contributed by atoms with Crippen molar-refractivity contribution in [2.75, 3.05) is 38.9 Å². The lowest BCUT2D eigenvalue weighted by atomic mass is 9.77. The van der Waals surface area contributed by atoms with Crippen molar-refractivity contribution >= 4 is 23.2 Å². The van der Waals surface area contributed by atoms with Gasteiger partial charge in [-0.25, -0.2) is 4.99 Å². The first-order valence-electron chi connectivity index (χ1n) is 15.4. The molecule has 3 aromatic carbocycles. The number of anilines is 1. The van der Waals surface area contributed by atoms with E-state index in [1.807, 2.05) is 60.7 Å². The van der Waals surface area contributed by atoms with Gasteiger partial charge in [0.25, 0.3) is 0 Å². The third kappa shape index (κ3) is 8.45. The number of ketones is 1. The van der Waals surface area contributed by atoms with Crippen LogP contribution in [0.1, 0.15) is 43.2 Å². The van der Waals surface area contributed by atoms with E-state index in [4.69, 9.17) is 15.2 Å². The minimum atomic E-state index is -0.489. The molecule has 3 N–H and O–H groups in total. The van der Waals surface area contributed by atoms with Crippen molar-refractivity contribution < 1.29 is 19.1 Å². The molecule has 1 heterocycles. The molecule has 9 nitrogen and oxygen atoms in total. The van der Waals surface area contributed by atoms with E-state index in [1.165, 1.54) is 0 Å². The summed E-state index contributed by atoms with van der Waals surface area (Å²) in [5.74, 6) is 1.40. The molecule has 3 aromatic rings. The number of amides is 1. The molecule has 1 amide bonds. The minimum Gasteiger partial charge on any atom is -0.491 e. The first kappa shape index (κ1) is 31.2. The van der Waals surface area contributed by atoms with E-state index in [0.29, 0.717) is 50.3 Å². The predicted octanol–water partition coefficient (Wildman–Crippen LogP) is 6.07. The number of rotatable bonds is 14. The van der Waals surface area contributed by atoms with Crippen molar-refractivity contribution in [1.29, 1.82) is 0 Å². The summed E-state index contributed by atoms with van der Waals surface area (Å²) in [6.07, 6.45) is 4.33. The predicted molar refractivity (Wildman–Crippen MR) is 172 cm³/mol. The normalized spacial score (nSPS) is 18.5. The number of Topliss-reactive ketones (excluding diaryl/α,β-unsaturated/α-hetero) is 1. The van der Waals surface area contributed by atoms with Gasteiger partial charge in [-0.05, 0) is 97.7 Å². The molecule has 0 bridgehead atoms. The molecule has 0 saturated heterocycles. The largest absolute Gasteiger partial charge is 0.491 e. The lowest BCUT2D eigenvalue weighted by Gasteiger charge is -2.27. The maximum Gasteiger partial charge on any atom is 0.228 e. The van der Waals surface area contributed by atoms with Crippen molar-refractivity contribution in [3.05, 3.63) is 83.9 Å². The summed E-state index contributed by atoms with van der Waals surface area (Å²) in [5, 5.41) is 11.0. The van der Waals surface area contributed by atoms with Crippen LogP contribution in [0, 0.1) is 17.8 Å². The van der Waals surface area contributed by atoms with Crippen LogP contribution in [0.25, 0.3) is 11.1 Å². The van der Waals surface area contributed by atoms with E-state index in [0.717, 1.165) is 53.7 Å². The second-order valence-corrected chi connectivity index (χ2v) is 11.5. The summed E-state index contributed by atoms with van der Waals surface area (Å²) in [7, 11) is 1.65. The van der Waals surface area contributed by atoms with E-state index >= 15 is 0 Å². The average Bonchev–Trinajstić information content (AvgIpc) is 3.61. The highest BCUT2D eigenvalue weighted by molar-refractivity contribution is 6.01. The molecule has 44 heavy (non-hydrogen) atoms. The zero-order valence-corrected chi connectivity index (χ0v) is 25.3. The standard InChI is InChI=1S/C35H41N5O4/c1-43-18-19-44-32-16-12-27(13-17-32)26-6-2-24(3-7-26)20-30(21-33(41)28-8-4-25(22-36)5-9-28)35(42)39-31-14-10-29(11-15-31)34-37-23-38-40-34/h2-3,6-7,10-17,25,28,30H,4-5,8-9,18-23,36H2,1H3,(H,39,42)/t25?,28?,30-/m1/s1. The van der Waals surface area contributed by atoms with Gasteiger partial charge in [0, 0.05) is 36.6 Å². The molecule has 230 valence electrons. The summed E-state index contributed by atoms with van der Waals surface area (Å²) in [4.78, 5) is 31.3. The Balaban J connectivity index is 1.26. The first-order valence-corrected chi connectivity index (χ1v) is 15.4. The number of ether oxygens (including phenoxy) is 2. The number of hydrogen-bond acceptors (Lipinski definition) is 8. The Morgan fingerprint density at radius 3 is 2.16 bits per heavy atom. The molecular weight excluding hydrogens is 554 g/mol. The van der Waals surface area contributed by atoms with Crippen LogP contribution in [0.2, 0.25) is 0 Å². The van der Waals surface area contributed by atoms with Gasteiger partial charge in [0.2, 0.25) is 5.91 Å². The molecule has 2 aliphatic rings. The lowest BCUT2D eigenvalue weighted by molar-refractivity contribution is -0.129. The number of azo groups is 1. The first-order chi connectivity index (χ1) is 21.5. The zero-order chi connectivity index (χ0) is 30.7. The number of methoxy groups -OCH3 is 1. The van der Waals surface area contributed by atoms with Crippen LogP contribution < -0.4 is 15.8 Å². The Morgan fingerprint density at radius 2 is 1.55 bits per heavy atom. The number of hydrogen-bond donors (Lipinski definition) is 2. The molecule has 5 rings (SSSR count). The molecule has 0 spiro atoms. The van der Waals surface area contributed by atoms with E-state index in [-0.39, 0.29) is 24.0 Å². The third-order valence-corrected chi connectivity index (χ3v) is 8.49. The van der Waals surface area contributed by atoms with Crippen molar-refractivity contribution in [2.45, 2.75) is 38.5 Å². The van der Waals surface area contributed by atoms with Crippen LogP contribution in [-0.4, -0.2) is 51.1 Å². The van der Waals surface area contributed by atoms with Gasteiger partial charge < -0.3 is 20.5 Å². The topological polar surface area (TPSA) is 128 Å². The van der Waals surface area contributed by atoms with Crippen LogP contribution in [0.4, 0.5) is 5.69 Å². The van der Waals surface area contributed by atoms with Crippen molar-refractivity contribution in [3.8, 4) is 16.9 Å². The van der Waals surface area contributed by atoms with Crippen LogP contribution in [0.5, 0.6) is 5.75 Å². The Labute approximate surface area is 259 Å². The number of benzene rings is 3. The SMILES string of the molecule is COCCOc1ccc(-c2ccc(C[C@H](CC(=O)C3CCC(CN)CC3)C(=O)Nc3ccc(C4=NCN=N4)cc3)cc2)cc1. The molecule has 1 aliphatic carbocycles. The van der Waals surface area contributed by atoms with Gasteiger partial charge in [-0.1, -0.05) is 36.4 Å². The molecular formula is C35H41N5O4. The second-order valence-electron chi connectivity index (χ2n) is 11.5. The second kappa shape index (κ2) is 15.5. The Hall–Kier alpha value is -4.21. The van der Waals surface area contributed by atoms with Gasteiger partial charge in [0.1, 0.15) is 18.1 Å². The molecule has 1 saturated carbocycles. The van der Waals surface area contributed by atoms with Crippen LogP contribution in [0.15, 0.2) is 88.0 Å². The minimum absolute atomic E-state index is 0.00226. The lowest BCUT2D eigenvalue weighted by Crippen LogP contribution is -2.31. The molecule has 9 heteroatoms. The number of amidine groups is 1. The smallest absolute Gasteiger partial charge is 0.228 e. The number of nitrogens with two attached hydrogens (primary N) is 1. The molecule has 1 aliphatic heterocycles. The van der Waals surface area contributed by atoms with E-state index in [2.05, 4.69) is 32.7 Å². The number of nitrogens with one attached hydrogen (secondary N) is 1. The highest BCUT2D eigenvalue weighted by Gasteiger charge is 2.30. The maximum atomic E-state index is 13.6. The quantitative estimate of drug-likeness (QED) is 0.219. The summed E-state index contributed by atoms with van der Waals surface area (Å²) in [5.41, 5.74) is 10.5. The van der Waals surface area contributed by atoms with Gasteiger partial charge in [-0.15, -0.1) is 5.11 Å². The Morgan fingerprint density at radius 1 is 0.886 bits per heavy atom. The number of aliphatic imine (C=N–C) groups is 1. The molecule has 0 aromatic heterocycles. The summed E-state index contributed by atoms with van der Waals surface area (Å²) in [6.45, 7) is 2.06. The fourth-order valence-electron chi connectivity index (χ4n) is 5.82. The van der Waals surface area contributed by atoms with Gasteiger partial charge in [-0.2, -0.15) is 5.11 Å². The fourth-order valence-corrected chi connectivity index (χ4v) is 5.82. The number of nitrogens with zero attached hydrogens (tertiary/aromatic N) is 3. The van der Waals surface area contributed by atoms with Crippen molar-refractivity contribution in [3.63, 3.8) is 0 Å². The van der Waals surface area contributed by atoms with Gasteiger partial charge in [0.15, 0.2) is 12.5 Å². The van der Waals surface area contributed by atoms with Gasteiger partial charge in [-0.3, -0.25) is 9.59 Å². The third-order valence-electron chi connectivity index (χ3n) is 8.49. The molecule has 0 unspecified atom stereocenters. The Kier molecular flexibility index (Phi) is 11.0. The van der Waals surface area contributed by atoms with Gasteiger partial charge in [0.05, 0.1) is 6.61 Å². The summed E-state index contributed by atoms with van der Waals surface area (Å²) in [6, 6.07) is 23.6. The number of carbonyl (C=O) groups excluding carboxylic acids is 2. The summed E-state index contributed by atoms with van der Waals surface area (Å²) < 4.78 is 10.7.